The number of rotatable bonds is 12. The number of hydrogen-bond donors (Lipinski definition) is 1. The Morgan fingerprint density at radius 1 is 0.872 bits per heavy atom. The molecule has 0 spiro atoms. The zero-order valence-corrected chi connectivity index (χ0v) is 24.2. The number of sulfonamides is 1. The number of carbonyl (C=O) groups is 2. The molecule has 0 unspecified atom stereocenters. The van der Waals surface area contributed by atoms with Crippen LogP contribution in [0.25, 0.3) is 0 Å². The van der Waals surface area contributed by atoms with Gasteiger partial charge in [-0.25, -0.2) is 8.42 Å². The van der Waals surface area contributed by atoms with Crippen LogP contribution in [0.3, 0.4) is 0 Å². The van der Waals surface area contributed by atoms with Gasteiger partial charge in [-0.15, -0.1) is 0 Å². The molecule has 0 fully saturated rings. The fourth-order valence-electron chi connectivity index (χ4n) is 4.27. The van der Waals surface area contributed by atoms with Crippen molar-refractivity contribution in [2.24, 2.45) is 0 Å². The molecule has 0 saturated carbocycles. The third-order valence-corrected chi connectivity index (χ3v) is 8.88. The van der Waals surface area contributed by atoms with Crippen LogP contribution in [0.15, 0.2) is 83.8 Å². The van der Waals surface area contributed by atoms with Gasteiger partial charge in [0.05, 0.1) is 10.6 Å². The number of hydrogen-bond acceptors (Lipinski definition) is 4. The van der Waals surface area contributed by atoms with E-state index in [0.717, 1.165) is 23.1 Å². The SMILES string of the molecule is CC[C@@H](C)NC(=O)[C@H](C)N(CCc1ccccc1)C(=O)CN(c1cccc(C)c1C)S(=O)(=O)c1ccccc1. The van der Waals surface area contributed by atoms with Crippen molar-refractivity contribution in [2.45, 2.75) is 64.4 Å². The van der Waals surface area contributed by atoms with Crippen LogP contribution in [0.5, 0.6) is 0 Å². The van der Waals surface area contributed by atoms with Crippen LogP contribution in [-0.4, -0.2) is 50.3 Å². The van der Waals surface area contributed by atoms with E-state index in [1.807, 2.05) is 64.1 Å². The lowest BCUT2D eigenvalue weighted by atomic mass is 10.1. The van der Waals surface area contributed by atoms with E-state index in [9.17, 15) is 18.0 Å². The van der Waals surface area contributed by atoms with E-state index in [-0.39, 0.29) is 23.4 Å². The summed E-state index contributed by atoms with van der Waals surface area (Å²) < 4.78 is 29.0. The van der Waals surface area contributed by atoms with Gasteiger partial charge in [-0.05, 0) is 75.4 Å². The molecule has 3 aromatic carbocycles. The molecule has 8 heteroatoms. The predicted molar refractivity (Wildman–Crippen MR) is 156 cm³/mol. The number of nitrogens with zero attached hydrogens (tertiary/aromatic N) is 2. The van der Waals surface area contributed by atoms with E-state index < -0.39 is 28.5 Å². The second-order valence-corrected chi connectivity index (χ2v) is 11.7. The highest BCUT2D eigenvalue weighted by molar-refractivity contribution is 7.92. The molecule has 7 nitrogen and oxygen atoms in total. The van der Waals surface area contributed by atoms with Crippen molar-refractivity contribution >= 4 is 27.5 Å². The Morgan fingerprint density at radius 3 is 2.10 bits per heavy atom. The summed E-state index contributed by atoms with van der Waals surface area (Å²) in [7, 11) is -4.07. The lowest BCUT2D eigenvalue weighted by Crippen LogP contribution is -2.53. The first kappa shape index (κ1) is 29.9. The molecule has 2 atom stereocenters. The third-order valence-electron chi connectivity index (χ3n) is 7.11. The van der Waals surface area contributed by atoms with Crippen molar-refractivity contribution in [1.29, 1.82) is 0 Å². The fourth-order valence-corrected chi connectivity index (χ4v) is 5.77. The monoisotopic (exact) mass is 549 g/mol. The summed E-state index contributed by atoms with van der Waals surface area (Å²) in [5, 5.41) is 2.96. The molecule has 208 valence electrons. The van der Waals surface area contributed by atoms with E-state index in [4.69, 9.17) is 0 Å². The van der Waals surface area contributed by atoms with Gasteiger partial charge in [0.2, 0.25) is 11.8 Å². The van der Waals surface area contributed by atoms with E-state index >= 15 is 0 Å². The third kappa shape index (κ3) is 7.47. The van der Waals surface area contributed by atoms with Crippen LogP contribution >= 0.6 is 0 Å². The Labute approximate surface area is 232 Å². The second kappa shape index (κ2) is 13.4. The van der Waals surface area contributed by atoms with Gasteiger partial charge < -0.3 is 10.2 Å². The van der Waals surface area contributed by atoms with Crippen LogP contribution in [-0.2, 0) is 26.0 Å². The van der Waals surface area contributed by atoms with E-state index in [1.54, 1.807) is 37.3 Å². The number of anilines is 1. The zero-order valence-electron chi connectivity index (χ0n) is 23.4. The van der Waals surface area contributed by atoms with E-state index in [1.165, 1.54) is 21.3 Å². The van der Waals surface area contributed by atoms with Gasteiger partial charge in [0, 0.05) is 12.6 Å². The van der Waals surface area contributed by atoms with Crippen molar-refractivity contribution in [2.75, 3.05) is 17.4 Å². The first-order chi connectivity index (χ1) is 18.6. The van der Waals surface area contributed by atoms with E-state index in [2.05, 4.69) is 5.32 Å². The first-order valence-corrected chi connectivity index (χ1v) is 14.8. The normalized spacial score (nSPS) is 12.8. The molecule has 3 rings (SSSR count). The van der Waals surface area contributed by atoms with Gasteiger partial charge in [-0.1, -0.05) is 67.6 Å². The molecule has 0 radical (unpaired) electrons. The van der Waals surface area contributed by atoms with Crippen LogP contribution in [0.1, 0.15) is 43.9 Å². The summed E-state index contributed by atoms with van der Waals surface area (Å²) in [6.07, 6.45) is 1.29. The highest BCUT2D eigenvalue weighted by Crippen LogP contribution is 2.29. The summed E-state index contributed by atoms with van der Waals surface area (Å²) in [6, 6.07) is 22.4. The van der Waals surface area contributed by atoms with Crippen LogP contribution in [0.4, 0.5) is 5.69 Å². The Hall–Kier alpha value is -3.65. The average molecular weight is 550 g/mol. The van der Waals surface area contributed by atoms with Crippen molar-refractivity contribution in [1.82, 2.24) is 10.2 Å². The maximum absolute atomic E-state index is 14.0. The largest absolute Gasteiger partial charge is 0.352 e. The van der Waals surface area contributed by atoms with Crippen LogP contribution in [0, 0.1) is 13.8 Å². The molecule has 1 N–H and O–H groups in total. The van der Waals surface area contributed by atoms with Gasteiger partial charge in [0.15, 0.2) is 0 Å². The summed E-state index contributed by atoms with van der Waals surface area (Å²) >= 11 is 0. The van der Waals surface area contributed by atoms with Gasteiger partial charge in [-0.3, -0.25) is 13.9 Å². The first-order valence-electron chi connectivity index (χ1n) is 13.3. The van der Waals surface area contributed by atoms with Gasteiger partial charge >= 0.3 is 0 Å². The molecular formula is C31H39N3O4S. The molecular weight excluding hydrogens is 510 g/mol. The number of carbonyl (C=O) groups excluding carboxylic acids is 2. The summed E-state index contributed by atoms with van der Waals surface area (Å²) in [5.41, 5.74) is 3.14. The summed E-state index contributed by atoms with van der Waals surface area (Å²) in [6.45, 7) is 9.16. The molecule has 0 bridgehead atoms. The number of aryl methyl sites for hydroxylation is 1. The van der Waals surface area contributed by atoms with Gasteiger partial charge in [0.1, 0.15) is 12.6 Å². The van der Waals surface area contributed by atoms with Crippen molar-refractivity contribution in [3.8, 4) is 0 Å². The maximum Gasteiger partial charge on any atom is 0.264 e. The average Bonchev–Trinajstić information content (AvgIpc) is 2.94. The summed E-state index contributed by atoms with van der Waals surface area (Å²) in [5.74, 6) is -0.715. The lowest BCUT2D eigenvalue weighted by molar-refractivity contribution is -0.139. The molecule has 0 aromatic heterocycles. The predicted octanol–water partition coefficient (Wildman–Crippen LogP) is 4.87. The molecule has 2 amide bonds. The number of nitrogens with one attached hydrogen (secondary N) is 1. The quantitative estimate of drug-likeness (QED) is 0.349. The van der Waals surface area contributed by atoms with Crippen molar-refractivity contribution < 1.29 is 18.0 Å². The Bertz CT molecular complexity index is 1360. The van der Waals surface area contributed by atoms with Crippen molar-refractivity contribution in [3.05, 3.63) is 95.6 Å². The minimum absolute atomic E-state index is 0.0454. The Kier molecular flexibility index (Phi) is 10.3. The van der Waals surface area contributed by atoms with Crippen molar-refractivity contribution in [3.63, 3.8) is 0 Å². The second-order valence-electron chi connectivity index (χ2n) is 9.86. The molecule has 0 saturated heterocycles. The van der Waals surface area contributed by atoms with Crippen LogP contribution < -0.4 is 9.62 Å². The zero-order chi connectivity index (χ0) is 28.6. The van der Waals surface area contributed by atoms with Gasteiger partial charge in [0.25, 0.3) is 10.0 Å². The molecule has 39 heavy (non-hydrogen) atoms. The highest BCUT2D eigenvalue weighted by atomic mass is 32.2. The Balaban J connectivity index is 2.00. The molecule has 0 aliphatic heterocycles. The van der Waals surface area contributed by atoms with Gasteiger partial charge in [-0.2, -0.15) is 0 Å². The number of amides is 2. The molecule has 0 aliphatic rings. The molecule has 3 aromatic rings. The minimum atomic E-state index is -4.07. The fraction of sp³-hybridized carbons (Fsp3) is 0.355. The lowest BCUT2D eigenvalue weighted by Gasteiger charge is -2.33. The maximum atomic E-state index is 14.0. The Morgan fingerprint density at radius 2 is 1.49 bits per heavy atom. The smallest absolute Gasteiger partial charge is 0.264 e. The topological polar surface area (TPSA) is 86.8 Å². The van der Waals surface area contributed by atoms with E-state index in [0.29, 0.717) is 12.1 Å². The highest BCUT2D eigenvalue weighted by Gasteiger charge is 2.33. The summed E-state index contributed by atoms with van der Waals surface area (Å²) in [4.78, 5) is 28.7. The molecule has 0 aliphatic carbocycles. The molecule has 0 heterocycles. The van der Waals surface area contributed by atoms with Crippen LogP contribution in [0.2, 0.25) is 0 Å². The number of benzene rings is 3. The minimum Gasteiger partial charge on any atom is -0.352 e. The standard InChI is InChI=1S/C31H39N3O4S/c1-6-24(3)32-31(36)26(5)33(21-20-27-15-9-7-10-16-27)30(35)22-34(29-19-13-14-23(2)25(29)4)39(37,38)28-17-11-8-12-18-28/h7-19,24,26H,6,20-22H2,1-5H3,(H,32,36)/t24-,26+/m1/s1.